The largest absolute Gasteiger partial charge is 0.497 e. The van der Waals surface area contributed by atoms with Gasteiger partial charge in [0.05, 0.1) is 14.2 Å². The van der Waals surface area contributed by atoms with Crippen LogP contribution in [0.5, 0.6) is 17.2 Å². The molecule has 0 spiro atoms. The molecule has 0 unspecified atom stereocenters. The molecule has 1 atom stereocenters. The zero-order valence-electron chi connectivity index (χ0n) is 15.8. The zero-order chi connectivity index (χ0) is 19.9. The van der Waals surface area contributed by atoms with E-state index >= 15 is 0 Å². The van der Waals surface area contributed by atoms with E-state index < -0.39 is 12.1 Å². The third-order valence-corrected chi connectivity index (χ3v) is 4.41. The molecule has 1 N–H and O–H groups in total. The molecule has 144 valence electrons. The summed E-state index contributed by atoms with van der Waals surface area (Å²) < 4.78 is 16.3. The monoisotopic (exact) mass is 378 g/mol. The molecule has 3 aromatic rings. The van der Waals surface area contributed by atoms with Crippen molar-refractivity contribution in [3.05, 3.63) is 78.4 Å². The maximum absolute atomic E-state index is 11.7. The van der Waals surface area contributed by atoms with Gasteiger partial charge in [0.1, 0.15) is 17.2 Å². The highest BCUT2D eigenvalue weighted by atomic mass is 16.5. The van der Waals surface area contributed by atoms with Gasteiger partial charge in [0.25, 0.3) is 0 Å². The van der Waals surface area contributed by atoms with Gasteiger partial charge < -0.3 is 19.3 Å². The van der Waals surface area contributed by atoms with E-state index in [1.807, 2.05) is 42.5 Å². The molecule has 0 heterocycles. The summed E-state index contributed by atoms with van der Waals surface area (Å²) in [6.07, 6.45) is -0.868. The first kappa shape index (κ1) is 19.3. The SMILES string of the molecule is COc1ccc(C[C@H](Oc2ccc(-c3ccccc3)cc2)C(=O)O)c(OC)c1. The Balaban J connectivity index is 1.76. The van der Waals surface area contributed by atoms with Crippen LogP contribution in [0.3, 0.4) is 0 Å². The van der Waals surface area contributed by atoms with Crippen LogP contribution >= 0.6 is 0 Å². The topological polar surface area (TPSA) is 65.0 Å². The summed E-state index contributed by atoms with van der Waals surface area (Å²) in [7, 11) is 3.11. The molecule has 0 saturated heterocycles. The van der Waals surface area contributed by atoms with E-state index in [1.54, 1.807) is 37.4 Å². The molecule has 0 amide bonds. The van der Waals surface area contributed by atoms with Crippen LogP contribution in [0, 0.1) is 0 Å². The standard InChI is InChI=1S/C23H22O5/c1-26-20-13-10-18(21(15-20)27-2)14-22(23(24)25)28-19-11-8-17(9-12-19)16-6-4-3-5-7-16/h3-13,15,22H,14H2,1-2H3,(H,24,25)/t22-/m0/s1. The fourth-order valence-corrected chi connectivity index (χ4v) is 2.92. The van der Waals surface area contributed by atoms with Crippen molar-refractivity contribution in [3.8, 4) is 28.4 Å². The van der Waals surface area contributed by atoms with Crippen molar-refractivity contribution in [1.82, 2.24) is 0 Å². The molecule has 3 rings (SSSR count). The Morgan fingerprint density at radius 1 is 0.857 bits per heavy atom. The van der Waals surface area contributed by atoms with Gasteiger partial charge in [-0.05, 0) is 34.9 Å². The highest BCUT2D eigenvalue weighted by Crippen LogP contribution is 2.27. The molecule has 0 aliphatic heterocycles. The van der Waals surface area contributed by atoms with Crippen LogP contribution in [0.2, 0.25) is 0 Å². The van der Waals surface area contributed by atoms with Gasteiger partial charge in [0, 0.05) is 12.5 Å². The summed E-state index contributed by atoms with van der Waals surface area (Å²) in [6, 6.07) is 22.6. The molecule has 5 nitrogen and oxygen atoms in total. The number of ether oxygens (including phenoxy) is 3. The van der Waals surface area contributed by atoms with Crippen LogP contribution in [0.15, 0.2) is 72.8 Å². The Hall–Kier alpha value is -3.47. The lowest BCUT2D eigenvalue weighted by atomic mass is 10.1. The molecule has 0 radical (unpaired) electrons. The minimum Gasteiger partial charge on any atom is -0.497 e. The van der Waals surface area contributed by atoms with Gasteiger partial charge >= 0.3 is 5.97 Å². The molecule has 0 aliphatic carbocycles. The summed E-state index contributed by atoms with van der Waals surface area (Å²) in [6.45, 7) is 0. The summed E-state index contributed by atoms with van der Waals surface area (Å²) >= 11 is 0. The zero-order valence-corrected chi connectivity index (χ0v) is 15.8. The lowest BCUT2D eigenvalue weighted by Crippen LogP contribution is -2.29. The summed E-state index contributed by atoms with van der Waals surface area (Å²) in [5, 5.41) is 9.60. The van der Waals surface area contributed by atoms with Gasteiger partial charge in [-0.1, -0.05) is 48.5 Å². The third-order valence-electron chi connectivity index (χ3n) is 4.41. The predicted molar refractivity (Wildman–Crippen MR) is 107 cm³/mol. The van der Waals surface area contributed by atoms with Crippen LogP contribution in [0.1, 0.15) is 5.56 Å². The van der Waals surface area contributed by atoms with Crippen molar-refractivity contribution in [2.45, 2.75) is 12.5 Å². The minimum absolute atomic E-state index is 0.170. The molecule has 0 saturated carbocycles. The highest BCUT2D eigenvalue weighted by Gasteiger charge is 2.22. The minimum atomic E-state index is -1.04. The maximum atomic E-state index is 11.7. The van der Waals surface area contributed by atoms with Gasteiger partial charge in [-0.25, -0.2) is 4.79 Å². The van der Waals surface area contributed by atoms with Crippen molar-refractivity contribution in [3.63, 3.8) is 0 Å². The van der Waals surface area contributed by atoms with E-state index in [0.717, 1.165) is 16.7 Å². The Labute approximate surface area is 164 Å². The van der Waals surface area contributed by atoms with E-state index in [4.69, 9.17) is 14.2 Å². The van der Waals surface area contributed by atoms with E-state index in [0.29, 0.717) is 17.2 Å². The van der Waals surface area contributed by atoms with Crippen molar-refractivity contribution in [1.29, 1.82) is 0 Å². The fraction of sp³-hybridized carbons (Fsp3) is 0.174. The van der Waals surface area contributed by atoms with Crippen LogP contribution in [0.25, 0.3) is 11.1 Å². The second-order valence-corrected chi connectivity index (χ2v) is 6.22. The second-order valence-electron chi connectivity index (χ2n) is 6.22. The number of carbonyl (C=O) groups is 1. The average molecular weight is 378 g/mol. The Bertz CT molecular complexity index is 919. The molecular weight excluding hydrogens is 356 g/mol. The number of hydrogen-bond acceptors (Lipinski definition) is 4. The molecule has 0 aromatic heterocycles. The molecular formula is C23H22O5. The van der Waals surface area contributed by atoms with Crippen molar-refractivity contribution >= 4 is 5.97 Å². The second kappa shape index (κ2) is 8.95. The number of carboxylic acids is 1. The molecule has 28 heavy (non-hydrogen) atoms. The van der Waals surface area contributed by atoms with Gasteiger partial charge in [-0.3, -0.25) is 0 Å². The number of carboxylic acid groups (broad SMARTS) is 1. The molecule has 0 aliphatic rings. The molecule has 0 bridgehead atoms. The van der Waals surface area contributed by atoms with E-state index in [9.17, 15) is 9.90 Å². The van der Waals surface area contributed by atoms with Gasteiger partial charge in [0.15, 0.2) is 6.10 Å². The van der Waals surface area contributed by atoms with Crippen molar-refractivity contribution in [2.24, 2.45) is 0 Å². The Morgan fingerprint density at radius 2 is 1.50 bits per heavy atom. The molecule has 5 heteroatoms. The number of rotatable bonds is 8. The fourth-order valence-electron chi connectivity index (χ4n) is 2.92. The summed E-state index contributed by atoms with van der Waals surface area (Å²) in [5.74, 6) is 0.670. The van der Waals surface area contributed by atoms with Crippen molar-refractivity contribution in [2.75, 3.05) is 14.2 Å². The van der Waals surface area contributed by atoms with Crippen molar-refractivity contribution < 1.29 is 24.1 Å². The van der Waals surface area contributed by atoms with Gasteiger partial charge in [-0.15, -0.1) is 0 Å². The van der Waals surface area contributed by atoms with Crippen LogP contribution in [-0.2, 0) is 11.2 Å². The molecule has 3 aromatic carbocycles. The summed E-state index contributed by atoms with van der Waals surface area (Å²) in [5.41, 5.74) is 2.86. The quantitative estimate of drug-likeness (QED) is 0.628. The van der Waals surface area contributed by atoms with Crippen LogP contribution in [0.4, 0.5) is 0 Å². The lowest BCUT2D eigenvalue weighted by Gasteiger charge is -2.17. The number of hydrogen-bond donors (Lipinski definition) is 1. The number of benzene rings is 3. The smallest absolute Gasteiger partial charge is 0.345 e. The highest BCUT2D eigenvalue weighted by molar-refractivity contribution is 5.73. The summed E-state index contributed by atoms with van der Waals surface area (Å²) in [4.78, 5) is 11.7. The van der Waals surface area contributed by atoms with Crippen LogP contribution < -0.4 is 14.2 Å². The predicted octanol–water partition coefficient (Wildman–Crippen LogP) is 4.45. The Kier molecular flexibility index (Phi) is 6.17. The van der Waals surface area contributed by atoms with Gasteiger partial charge in [-0.2, -0.15) is 0 Å². The maximum Gasteiger partial charge on any atom is 0.345 e. The number of aliphatic carboxylic acids is 1. The molecule has 0 fully saturated rings. The first-order valence-electron chi connectivity index (χ1n) is 8.86. The van der Waals surface area contributed by atoms with E-state index in [1.165, 1.54) is 7.11 Å². The number of methoxy groups -OCH3 is 2. The average Bonchev–Trinajstić information content (AvgIpc) is 2.74. The van der Waals surface area contributed by atoms with Gasteiger partial charge in [0.2, 0.25) is 0 Å². The first-order chi connectivity index (χ1) is 13.6. The first-order valence-corrected chi connectivity index (χ1v) is 8.86. The van der Waals surface area contributed by atoms with Crippen LogP contribution in [-0.4, -0.2) is 31.4 Å². The Morgan fingerprint density at radius 3 is 2.11 bits per heavy atom. The van der Waals surface area contributed by atoms with E-state index in [2.05, 4.69) is 0 Å². The normalized spacial score (nSPS) is 11.5. The van der Waals surface area contributed by atoms with E-state index in [-0.39, 0.29) is 6.42 Å². The lowest BCUT2D eigenvalue weighted by molar-refractivity contribution is -0.145. The third kappa shape index (κ3) is 4.62.